The molecule has 4 heteroatoms. The largest absolute Gasteiger partial charge is 0.491 e. The normalized spacial score (nSPS) is 11.0. The Labute approximate surface area is 131 Å². The number of nitrogens with zero attached hydrogens (tertiary/aromatic N) is 2. The number of hydrogen-bond donors (Lipinski definition) is 1. The molecule has 0 saturated heterocycles. The highest BCUT2D eigenvalue weighted by Crippen LogP contribution is 2.28. The van der Waals surface area contributed by atoms with Gasteiger partial charge in [-0.3, -0.25) is 0 Å². The number of hydrogen-bond acceptors (Lipinski definition) is 4. The van der Waals surface area contributed by atoms with Crippen molar-refractivity contribution in [2.75, 3.05) is 13.2 Å². The molecule has 0 saturated carbocycles. The highest BCUT2D eigenvalue weighted by atomic mass is 16.5. The molecule has 0 radical (unpaired) electrons. The molecule has 2 aromatic rings. The van der Waals surface area contributed by atoms with Gasteiger partial charge < -0.3 is 9.84 Å². The molecule has 0 fully saturated rings. The molecule has 2 aromatic carbocycles. The van der Waals surface area contributed by atoms with Crippen molar-refractivity contribution in [1.29, 1.82) is 0 Å². The molecule has 0 bridgehead atoms. The SMILES string of the molecule is OCCCCCCOc1ccccc1N=Nc1ccccc1. The Kier molecular flexibility index (Phi) is 7.12. The molecule has 116 valence electrons. The summed E-state index contributed by atoms with van der Waals surface area (Å²) in [5, 5.41) is 17.2. The van der Waals surface area contributed by atoms with Crippen LogP contribution in [0.3, 0.4) is 0 Å². The van der Waals surface area contributed by atoms with Crippen LogP contribution in [-0.2, 0) is 0 Å². The van der Waals surface area contributed by atoms with E-state index in [0.29, 0.717) is 6.61 Å². The summed E-state index contributed by atoms with van der Waals surface area (Å²) in [6.45, 7) is 0.923. The summed E-state index contributed by atoms with van der Waals surface area (Å²) in [5.41, 5.74) is 1.56. The van der Waals surface area contributed by atoms with Crippen molar-refractivity contribution in [1.82, 2.24) is 0 Å². The summed E-state index contributed by atoms with van der Waals surface area (Å²) in [5.74, 6) is 0.754. The number of para-hydroxylation sites is 1. The first-order valence-electron chi connectivity index (χ1n) is 7.69. The molecule has 4 nitrogen and oxygen atoms in total. The van der Waals surface area contributed by atoms with E-state index in [1.54, 1.807) is 0 Å². The van der Waals surface area contributed by atoms with Crippen LogP contribution in [0.1, 0.15) is 25.7 Å². The third kappa shape index (κ3) is 5.66. The van der Waals surface area contributed by atoms with Crippen LogP contribution in [0.5, 0.6) is 5.75 Å². The van der Waals surface area contributed by atoms with E-state index in [9.17, 15) is 0 Å². The molecule has 0 heterocycles. The lowest BCUT2D eigenvalue weighted by Crippen LogP contribution is -1.97. The lowest BCUT2D eigenvalue weighted by atomic mass is 10.2. The minimum Gasteiger partial charge on any atom is -0.491 e. The van der Waals surface area contributed by atoms with Crippen LogP contribution in [0.2, 0.25) is 0 Å². The van der Waals surface area contributed by atoms with Crippen molar-refractivity contribution in [3.05, 3.63) is 54.6 Å². The molecular formula is C18H22N2O2. The number of aliphatic hydroxyl groups is 1. The van der Waals surface area contributed by atoms with Gasteiger partial charge in [0.15, 0.2) is 0 Å². The molecular weight excluding hydrogens is 276 g/mol. The molecule has 22 heavy (non-hydrogen) atoms. The van der Waals surface area contributed by atoms with Gasteiger partial charge >= 0.3 is 0 Å². The molecule has 0 atom stereocenters. The second-order valence-electron chi connectivity index (χ2n) is 4.99. The maximum atomic E-state index is 8.74. The van der Waals surface area contributed by atoms with Crippen LogP contribution in [0.15, 0.2) is 64.8 Å². The Bertz CT molecular complexity index is 570. The van der Waals surface area contributed by atoms with Crippen LogP contribution >= 0.6 is 0 Å². The van der Waals surface area contributed by atoms with Gasteiger partial charge in [0.2, 0.25) is 0 Å². The van der Waals surface area contributed by atoms with Crippen molar-refractivity contribution >= 4 is 11.4 Å². The van der Waals surface area contributed by atoms with Crippen LogP contribution < -0.4 is 4.74 Å². The first-order valence-corrected chi connectivity index (χ1v) is 7.69. The Morgan fingerprint density at radius 2 is 1.50 bits per heavy atom. The van der Waals surface area contributed by atoms with E-state index in [0.717, 1.165) is 42.8 Å². The standard InChI is InChI=1S/C18H22N2O2/c21-14-8-1-2-9-15-22-18-13-7-6-12-17(18)20-19-16-10-4-3-5-11-16/h3-7,10-13,21H,1-2,8-9,14-15H2. The van der Waals surface area contributed by atoms with E-state index in [2.05, 4.69) is 10.2 Å². The summed E-state index contributed by atoms with van der Waals surface area (Å²) in [7, 11) is 0. The van der Waals surface area contributed by atoms with Crippen molar-refractivity contribution in [3.63, 3.8) is 0 Å². The fraction of sp³-hybridized carbons (Fsp3) is 0.333. The van der Waals surface area contributed by atoms with E-state index in [1.165, 1.54) is 0 Å². The second kappa shape index (κ2) is 9.68. The van der Waals surface area contributed by atoms with Gasteiger partial charge in [-0.2, -0.15) is 5.11 Å². The Morgan fingerprint density at radius 1 is 0.773 bits per heavy atom. The number of ether oxygens (including phenoxy) is 1. The summed E-state index contributed by atoms with van der Waals surface area (Å²) >= 11 is 0. The molecule has 0 aliphatic rings. The molecule has 0 aliphatic heterocycles. The first-order chi connectivity index (χ1) is 10.9. The quantitative estimate of drug-likeness (QED) is 0.521. The van der Waals surface area contributed by atoms with Gasteiger partial charge in [-0.25, -0.2) is 0 Å². The van der Waals surface area contributed by atoms with Crippen LogP contribution in [0.4, 0.5) is 11.4 Å². The predicted molar refractivity (Wildman–Crippen MR) is 88.1 cm³/mol. The molecule has 0 aliphatic carbocycles. The average molecular weight is 298 g/mol. The monoisotopic (exact) mass is 298 g/mol. The highest BCUT2D eigenvalue weighted by Gasteiger charge is 2.01. The number of rotatable bonds is 9. The minimum absolute atomic E-state index is 0.267. The zero-order valence-corrected chi connectivity index (χ0v) is 12.7. The molecule has 0 spiro atoms. The lowest BCUT2D eigenvalue weighted by Gasteiger charge is -2.07. The number of benzene rings is 2. The van der Waals surface area contributed by atoms with Crippen molar-refractivity contribution < 1.29 is 9.84 Å². The zero-order chi connectivity index (χ0) is 15.5. The highest BCUT2D eigenvalue weighted by molar-refractivity contribution is 5.51. The van der Waals surface area contributed by atoms with Crippen LogP contribution in [-0.4, -0.2) is 18.3 Å². The summed E-state index contributed by atoms with van der Waals surface area (Å²) in [6, 6.07) is 17.3. The molecule has 0 unspecified atom stereocenters. The van der Waals surface area contributed by atoms with Gasteiger partial charge in [-0.15, -0.1) is 5.11 Å². The van der Waals surface area contributed by atoms with Crippen LogP contribution in [0, 0.1) is 0 Å². The maximum absolute atomic E-state index is 8.74. The fourth-order valence-corrected chi connectivity index (χ4v) is 2.02. The smallest absolute Gasteiger partial charge is 0.146 e. The maximum Gasteiger partial charge on any atom is 0.146 e. The van der Waals surface area contributed by atoms with E-state index < -0.39 is 0 Å². The Balaban J connectivity index is 1.88. The molecule has 0 amide bonds. The summed E-state index contributed by atoms with van der Waals surface area (Å²) in [4.78, 5) is 0. The third-order valence-electron chi connectivity index (χ3n) is 3.20. The van der Waals surface area contributed by atoms with Crippen molar-refractivity contribution in [2.45, 2.75) is 25.7 Å². The van der Waals surface area contributed by atoms with E-state index in [4.69, 9.17) is 9.84 Å². The Morgan fingerprint density at radius 3 is 2.32 bits per heavy atom. The van der Waals surface area contributed by atoms with Gasteiger partial charge in [0.1, 0.15) is 11.4 Å². The van der Waals surface area contributed by atoms with Gasteiger partial charge in [-0.1, -0.05) is 36.8 Å². The topological polar surface area (TPSA) is 54.2 Å². The summed E-state index contributed by atoms with van der Waals surface area (Å²) in [6.07, 6.45) is 3.94. The van der Waals surface area contributed by atoms with E-state index >= 15 is 0 Å². The van der Waals surface area contributed by atoms with E-state index in [-0.39, 0.29) is 6.61 Å². The first kappa shape index (κ1) is 16.2. The van der Waals surface area contributed by atoms with Crippen molar-refractivity contribution in [3.8, 4) is 5.75 Å². The van der Waals surface area contributed by atoms with Gasteiger partial charge in [-0.05, 0) is 43.5 Å². The molecule has 1 N–H and O–H groups in total. The number of unbranched alkanes of at least 4 members (excludes halogenated alkanes) is 3. The lowest BCUT2D eigenvalue weighted by molar-refractivity contribution is 0.273. The van der Waals surface area contributed by atoms with Crippen molar-refractivity contribution in [2.24, 2.45) is 10.2 Å². The minimum atomic E-state index is 0.267. The number of aliphatic hydroxyl groups excluding tert-OH is 1. The molecule has 2 rings (SSSR count). The summed E-state index contributed by atoms with van der Waals surface area (Å²) < 4.78 is 5.79. The Hall–Kier alpha value is -2.20. The fourth-order valence-electron chi connectivity index (χ4n) is 2.02. The second-order valence-corrected chi connectivity index (χ2v) is 4.99. The van der Waals surface area contributed by atoms with Gasteiger partial charge in [0.25, 0.3) is 0 Å². The van der Waals surface area contributed by atoms with E-state index in [1.807, 2.05) is 54.6 Å². The van der Waals surface area contributed by atoms with Crippen LogP contribution in [0.25, 0.3) is 0 Å². The zero-order valence-electron chi connectivity index (χ0n) is 12.7. The van der Waals surface area contributed by atoms with Gasteiger partial charge in [0.05, 0.1) is 12.3 Å². The number of azo groups is 1. The molecule has 0 aromatic heterocycles. The third-order valence-corrected chi connectivity index (χ3v) is 3.20. The van der Waals surface area contributed by atoms with Gasteiger partial charge in [0, 0.05) is 6.61 Å². The predicted octanol–water partition coefficient (Wildman–Crippen LogP) is 5.03. The average Bonchev–Trinajstić information content (AvgIpc) is 2.58.